The third-order valence-corrected chi connectivity index (χ3v) is 4.95. The fourth-order valence-electron chi connectivity index (χ4n) is 3.58. The van der Waals surface area contributed by atoms with E-state index in [1.807, 2.05) is 44.2 Å². The van der Waals surface area contributed by atoms with Crippen molar-refractivity contribution in [2.45, 2.75) is 65.5 Å². The Hall–Kier alpha value is -1.84. The molecular weight excluding hydrogens is 302 g/mol. The molecule has 4 nitrogen and oxygen atoms in total. The molecule has 1 fully saturated rings. The highest BCUT2D eigenvalue weighted by atomic mass is 16.6. The number of hydrogen-bond donors (Lipinski definition) is 0. The molecule has 132 valence electrons. The highest BCUT2D eigenvalue weighted by Crippen LogP contribution is 2.34. The number of nitrogens with zero attached hydrogens (tertiary/aromatic N) is 1. The molecule has 0 saturated carbocycles. The first-order chi connectivity index (χ1) is 11.5. The fraction of sp³-hybridized carbons (Fsp3) is 0.600. The van der Waals surface area contributed by atoms with E-state index in [1.54, 1.807) is 0 Å². The maximum Gasteiger partial charge on any atom is 0.417 e. The highest BCUT2D eigenvalue weighted by Gasteiger charge is 2.44. The van der Waals surface area contributed by atoms with E-state index in [1.165, 1.54) is 4.90 Å². The quantitative estimate of drug-likeness (QED) is 0.710. The predicted molar refractivity (Wildman–Crippen MR) is 94.4 cm³/mol. The Bertz CT molecular complexity index is 557. The Labute approximate surface area is 145 Å². The summed E-state index contributed by atoms with van der Waals surface area (Å²) in [7, 11) is 0. The molecule has 1 heterocycles. The zero-order valence-electron chi connectivity index (χ0n) is 15.2. The molecule has 4 heteroatoms. The van der Waals surface area contributed by atoms with Gasteiger partial charge in [-0.1, -0.05) is 63.9 Å². The SMILES string of the molecule is CCCC(C)CC(CC)C(=O)N1C(=O)OC(c2ccccc2)C1C. The Morgan fingerprint density at radius 2 is 1.92 bits per heavy atom. The van der Waals surface area contributed by atoms with Crippen molar-refractivity contribution < 1.29 is 14.3 Å². The molecule has 0 aliphatic carbocycles. The Balaban J connectivity index is 2.12. The van der Waals surface area contributed by atoms with Crippen LogP contribution in [0.4, 0.5) is 4.79 Å². The van der Waals surface area contributed by atoms with Crippen LogP contribution in [0.5, 0.6) is 0 Å². The number of cyclic esters (lactones) is 1. The van der Waals surface area contributed by atoms with Crippen molar-refractivity contribution in [1.29, 1.82) is 0 Å². The van der Waals surface area contributed by atoms with Crippen molar-refractivity contribution in [1.82, 2.24) is 4.90 Å². The predicted octanol–water partition coefficient (Wildman–Crippen LogP) is 4.95. The Morgan fingerprint density at radius 1 is 1.25 bits per heavy atom. The average molecular weight is 331 g/mol. The standard InChI is InChI=1S/C20H29NO3/c1-5-10-14(3)13-16(6-2)19(22)21-15(4)18(24-20(21)23)17-11-8-7-9-12-17/h7-9,11-12,14-16,18H,5-6,10,13H2,1-4H3. The minimum Gasteiger partial charge on any atom is -0.439 e. The van der Waals surface area contributed by atoms with Crippen LogP contribution in [0, 0.1) is 11.8 Å². The molecule has 24 heavy (non-hydrogen) atoms. The van der Waals surface area contributed by atoms with Crippen molar-refractivity contribution in [3.63, 3.8) is 0 Å². The second-order valence-electron chi connectivity index (χ2n) is 6.90. The van der Waals surface area contributed by atoms with Crippen LogP contribution >= 0.6 is 0 Å². The van der Waals surface area contributed by atoms with Gasteiger partial charge in [-0.3, -0.25) is 4.79 Å². The molecule has 2 amide bonds. The molecule has 4 atom stereocenters. The topological polar surface area (TPSA) is 46.6 Å². The molecule has 0 N–H and O–H groups in total. The van der Waals surface area contributed by atoms with E-state index in [0.29, 0.717) is 5.92 Å². The molecule has 1 aliphatic rings. The summed E-state index contributed by atoms with van der Waals surface area (Å²) in [6.45, 7) is 8.24. The summed E-state index contributed by atoms with van der Waals surface area (Å²) >= 11 is 0. The second-order valence-corrected chi connectivity index (χ2v) is 6.90. The number of carbonyl (C=O) groups is 2. The van der Waals surface area contributed by atoms with E-state index in [2.05, 4.69) is 13.8 Å². The fourth-order valence-corrected chi connectivity index (χ4v) is 3.58. The van der Waals surface area contributed by atoms with E-state index in [4.69, 9.17) is 4.74 Å². The van der Waals surface area contributed by atoms with Crippen LogP contribution < -0.4 is 0 Å². The van der Waals surface area contributed by atoms with Crippen LogP contribution in [-0.4, -0.2) is 22.9 Å². The summed E-state index contributed by atoms with van der Waals surface area (Å²) in [6, 6.07) is 9.36. The summed E-state index contributed by atoms with van der Waals surface area (Å²) in [5.41, 5.74) is 0.932. The van der Waals surface area contributed by atoms with Crippen molar-refractivity contribution >= 4 is 12.0 Å². The molecule has 4 unspecified atom stereocenters. The van der Waals surface area contributed by atoms with Crippen LogP contribution in [0.25, 0.3) is 0 Å². The number of imide groups is 1. The van der Waals surface area contributed by atoms with E-state index in [-0.39, 0.29) is 24.0 Å². The normalized spacial score (nSPS) is 23.0. The summed E-state index contributed by atoms with van der Waals surface area (Å²) < 4.78 is 5.51. The lowest BCUT2D eigenvalue weighted by Crippen LogP contribution is -2.42. The van der Waals surface area contributed by atoms with E-state index in [9.17, 15) is 9.59 Å². The van der Waals surface area contributed by atoms with E-state index in [0.717, 1.165) is 31.2 Å². The lowest BCUT2D eigenvalue weighted by Gasteiger charge is -2.25. The lowest BCUT2D eigenvalue weighted by molar-refractivity contribution is -0.134. The zero-order valence-corrected chi connectivity index (χ0v) is 15.2. The first-order valence-electron chi connectivity index (χ1n) is 9.08. The average Bonchev–Trinajstić information content (AvgIpc) is 2.87. The Kier molecular flexibility index (Phi) is 6.41. The molecule has 1 aromatic rings. The number of rotatable bonds is 7. The third-order valence-electron chi connectivity index (χ3n) is 4.95. The van der Waals surface area contributed by atoms with Crippen molar-refractivity contribution in [2.24, 2.45) is 11.8 Å². The summed E-state index contributed by atoms with van der Waals surface area (Å²) in [6.07, 6.45) is 2.91. The second kappa shape index (κ2) is 8.32. The summed E-state index contributed by atoms with van der Waals surface area (Å²) in [5.74, 6) is 0.287. The van der Waals surface area contributed by atoms with Gasteiger partial charge in [0.25, 0.3) is 0 Å². The van der Waals surface area contributed by atoms with Gasteiger partial charge in [-0.05, 0) is 31.2 Å². The minimum atomic E-state index is -0.511. The van der Waals surface area contributed by atoms with E-state index >= 15 is 0 Å². The van der Waals surface area contributed by atoms with Crippen molar-refractivity contribution in [3.8, 4) is 0 Å². The van der Waals surface area contributed by atoms with E-state index < -0.39 is 6.09 Å². The number of amides is 2. The van der Waals surface area contributed by atoms with Crippen LogP contribution in [0.3, 0.4) is 0 Å². The number of benzene rings is 1. The van der Waals surface area contributed by atoms with Gasteiger partial charge < -0.3 is 4.74 Å². The van der Waals surface area contributed by atoms with Gasteiger partial charge in [0.05, 0.1) is 6.04 Å². The molecule has 0 bridgehead atoms. The smallest absolute Gasteiger partial charge is 0.417 e. The highest BCUT2D eigenvalue weighted by molar-refractivity contribution is 5.95. The van der Waals surface area contributed by atoms with Gasteiger partial charge in [-0.2, -0.15) is 0 Å². The Morgan fingerprint density at radius 3 is 2.50 bits per heavy atom. The first kappa shape index (κ1) is 18.5. The molecule has 0 radical (unpaired) electrons. The zero-order chi connectivity index (χ0) is 17.7. The monoisotopic (exact) mass is 331 g/mol. The maximum absolute atomic E-state index is 12.9. The molecule has 1 aliphatic heterocycles. The number of ether oxygens (including phenoxy) is 1. The van der Waals surface area contributed by atoms with Crippen LogP contribution in [0.1, 0.15) is 65.0 Å². The summed E-state index contributed by atoms with van der Waals surface area (Å²) in [4.78, 5) is 26.6. The maximum atomic E-state index is 12.9. The van der Waals surface area contributed by atoms with Gasteiger partial charge >= 0.3 is 6.09 Å². The minimum absolute atomic E-state index is 0.0867. The van der Waals surface area contributed by atoms with Gasteiger partial charge in [0, 0.05) is 5.92 Å². The molecule has 1 saturated heterocycles. The van der Waals surface area contributed by atoms with Gasteiger partial charge in [0.2, 0.25) is 5.91 Å². The van der Waals surface area contributed by atoms with Crippen LogP contribution in [0.15, 0.2) is 30.3 Å². The molecule has 0 spiro atoms. The van der Waals surface area contributed by atoms with Crippen LogP contribution in [0.2, 0.25) is 0 Å². The first-order valence-corrected chi connectivity index (χ1v) is 9.08. The number of carbonyl (C=O) groups excluding carboxylic acids is 2. The lowest BCUT2D eigenvalue weighted by atomic mass is 9.89. The van der Waals surface area contributed by atoms with Gasteiger partial charge in [-0.15, -0.1) is 0 Å². The molecule has 1 aromatic carbocycles. The van der Waals surface area contributed by atoms with Gasteiger partial charge in [-0.25, -0.2) is 9.69 Å². The number of hydrogen-bond acceptors (Lipinski definition) is 3. The summed E-state index contributed by atoms with van der Waals surface area (Å²) in [5, 5.41) is 0. The molecule has 0 aromatic heterocycles. The van der Waals surface area contributed by atoms with Crippen LogP contribution in [-0.2, 0) is 9.53 Å². The largest absolute Gasteiger partial charge is 0.439 e. The van der Waals surface area contributed by atoms with Gasteiger partial charge in [0.15, 0.2) is 0 Å². The van der Waals surface area contributed by atoms with Crippen molar-refractivity contribution in [2.75, 3.05) is 0 Å². The molecule has 2 rings (SSSR count). The molecular formula is C20H29NO3. The van der Waals surface area contributed by atoms with Crippen molar-refractivity contribution in [3.05, 3.63) is 35.9 Å². The van der Waals surface area contributed by atoms with Gasteiger partial charge in [0.1, 0.15) is 6.10 Å². The third kappa shape index (κ3) is 3.97.